The third-order valence-electron chi connectivity index (χ3n) is 2.06. The summed E-state index contributed by atoms with van der Waals surface area (Å²) >= 11 is 0. The summed E-state index contributed by atoms with van der Waals surface area (Å²) in [5, 5.41) is 12.0. The third-order valence-corrected chi connectivity index (χ3v) is 2.06. The van der Waals surface area contributed by atoms with E-state index < -0.39 is 0 Å². The normalized spacial score (nSPS) is 12.1. The number of hydrogen-bond donors (Lipinski definition) is 2. The largest absolute Gasteiger partial charge is 0.508 e. The van der Waals surface area contributed by atoms with Crippen molar-refractivity contribution in [1.29, 1.82) is 0 Å². The number of hydrogen-bond acceptors (Lipinski definition) is 3. The molecular formula is C12H17NO3. The van der Waals surface area contributed by atoms with Gasteiger partial charge in [0.15, 0.2) is 0 Å². The zero-order valence-corrected chi connectivity index (χ0v) is 9.56. The van der Waals surface area contributed by atoms with Gasteiger partial charge in [-0.2, -0.15) is 0 Å². The molecule has 0 spiro atoms. The zero-order chi connectivity index (χ0) is 12.0. The number of nitrogens with one attached hydrogen (secondary N) is 1. The van der Waals surface area contributed by atoms with Gasteiger partial charge in [0, 0.05) is 18.2 Å². The van der Waals surface area contributed by atoms with E-state index in [4.69, 9.17) is 4.74 Å². The minimum Gasteiger partial charge on any atom is -0.508 e. The maximum Gasteiger partial charge on any atom is 0.251 e. The lowest BCUT2D eigenvalue weighted by Crippen LogP contribution is -2.35. The van der Waals surface area contributed by atoms with Crippen LogP contribution in [0.3, 0.4) is 0 Å². The van der Waals surface area contributed by atoms with Crippen molar-refractivity contribution in [3.05, 3.63) is 29.8 Å². The highest BCUT2D eigenvalue weighted by molar-refractivity contribution is 5.94. The Bertz CT molecular complexity index is 352. The Balaban J connectivity index is 2.52. The number of ether oxygens (including phenoxy) is 1. The van der Waals surface area contributed by atoms with E-state index in [9.17, 15) is 9.90 Å². The number of carbonyl (C=O) groups is 1. The Kier molecular flexibility index (Phi) is 4.79. The van der Waals surface area contributed by atoms with Crippen LogP contribution in [0.25, 0.3) is 0 Å². The van der Waals surface area contributed by atoms with Gasteiger partial charge in [0.05, 0.1) is 6.61 Å². The Labute approximate surface area is 95.2 Å². The summed E-state index contributed by atoms with van der Waals surface area (Å²) < 4.78 is 5.19. The van der Waals surface area contributed by atoms with E-state index in [-0.39, 0.29) is 17.7 Å². The van der Waals surface area contributed by atoms with E-state index in [1.165, 1.54) is 12.1 Å². The number of amides is 1. The summed E-state index contributed by atoms with van der Waals surface area (Å²) in [4.78, 5) is 11.7. The number of carbonyl (C=O) groups excluding carboxylic acids is 1. The van der Waals surface area contributed by atoms with E-state index in [1.807, 2.05) is 13.8 Å². The lowest BCUT2D eigenvalue weighted by atomic mass is 10.2. The molecule has 1 atom stereocenters. The van der Waals surface area contributed by atoms with Crippen molar-refractivity contribution >= 4 is 5.91 Å². The van der Waals surface area contributed by atoms with Gasteiger partial charge < -0.3 is 15.2 Å². The lowest BCUT2D eigenvalue weighted by molar-refractivity contribution is 0.0871. The maximum atomic E-state index is 11.7. The van der Waals surface area contributed by atoms with Crippen molar-refractivity contribution in [2.24, 2.45) is 0 Å². The van der Waals surface area contributed by atoms with E-state index in [2.05, 4.69) is 5.32 Å². The van der Waals surface area contributed by atoms with E-state index in [0.717, 1.165) is 0 Å². The van der Waals surface area contributed by atoms with E-state index in [0.29, 0.717) is 18.8 Å². The Morgan fingerprint density at radius 1 is 1.56 bits per heavy atom. The number of benzene rings is 1. The monoisotopic (exact) mass is 223 g/mol. The Hall–Kier alpha value is -1.55. The molecule has 16 heavy (non-hydrogen) atoms. The molecule has 4 heteroatoms. The van der Waals surface area contributed by atoms with Gasteiger partial charge in [-0.25, -0.2) is 0 Å². The first kappa shape index (κ1) is 12.5. The van der Waals surface area contributed by atoms with Crippen LogP contribution >= 0.6 is 0 Å². The minimum atomic E-state index is -0.205. The molecule has 0 aliphatic heterocycles. The minimum absolute atomic E-state index is 0.0465. The topological polar surface area (TPSA) is 58.6 Å². The summed E-state index contributed by atoms with van der Waals surface area (Å²) in [6.07, 6.45) is 0. The molecule has 4 nitrogen and oxygen atoms in total. The molecule has 2 N–H and O–H groups in total. The molecule has 0 fully saturated rings. The molecule has 1 aromatic rings. The summed E-state index contributed by atoms with van der Waals surface area (Å²) in [6.45, 7) is 4.90. The highest BCUT2D eigenvalue weighted by Crippen LogP contribution is 2.10. The van der Waals surface area contributed by atoms with Crippen LogP contribution in [-0.4, -0.2) is 30.3 Å². The van der Waals surface area contributed by atoms with Crippen molar-refractivity contribution in [2.75, 3.05) is 13.2 Å². The predicted octanol–water partition coefficient (Wildman–Crippen LogP) is 1.55. The molecule has 1 aromatic carbocycles. The van der Waals surface area contributed by atoms with Crippen LogP contribution in [0.15, 0.2) is 24.3 Å². The quantitative estimate of drug-likeness (QED) is 0.796. The smallest absolute Gasteiger partial charge is 0.251 e. The average Bonchev–Trinajstić information content (AvgIpc) is 2.26. The second-order valence-corrected chi connectivity index (χ2v) is 3.58. The first-order chi connectivity index (χ1) is 7.63. The molecule has 88 valence electrons. The fraction of sp³-hybridized carbons (Fsp3) is 0.417. The molecule has 0 saturated carbocycles. The van der Waals surface area contributed by atoms with Gasteiger partial charge in [-0.3, -0.25) is 4.79 Å². The second kappa shape index (κ2) is 6.12. The summed E-state index contributed by atoms with van der Waals surface area (Å²) in [5.74, 6) is -0.117. The number of phenolic OH excluding ortho intramolecular Hbond substituents is 1. The molecular weight excluding hydrogens is 206 g/mol. The van der Waals surface area contributed by atoms with E-state index in [1.54, 1.807) is 12.1 Å². The first-order valence-corrected chi connectivity index (χ1v) is 5.31. The molecule has 0 heterocycles. The van der Waals surface area contributed by atoms with Crippen LogP contribution in [0.1, 0.15) is 24.2 Å². The van der Waals surface area contributed by atoms with Gasteiger partial charge in [-0.15, -0.1) is 0 Å². The highest BCUT2D eigenvalue weighted by atomic mass is 16.5. The van der Waals surface area contributed by atoms with E-state index >= 15 is 0 Å². The van der Waals surface area contributed by atoms with Gasteiger partial charge in [0.25, 0.3) is 5.91 Å². The Morgan fingerprint density at radius 2 is 2.31 bits per heavy atom. The summed E-state index contributed by atoms with van der Waals surface area (Å²) in [7, 11) is 0. The van der Waals surface area contributed by atoms with Crippen LogP contribution in [0, 0.1) is 0 Å². The first-order valence-electron chi connectivity index (χ1n) is 5.31. The van der Waals surface area contributed by atoms with Gasteiger partial charge in [-0.1, -0.05) is 6.07 Å². The molecule has 0 aromatic heterocycles. The SMILES string of the molecule is CCOCC(C)NC(=O)c1cccc(O)c1. The van der Waals surface area contributed by atoms with Crippen molar-refractivity contribution < 1.29 is 14.6 Å². The molecule has 0 radical (unpaired) electrons. The third kappa shape index (κ3) is 3.90. The van der Waals surface area contributed by atoms with Gasteiger partial charge in [-0.05, 0) is 32.0 Å². The van der Waals surface area contributed by atoms with Crippen LogP contribution in [0.4, 0.5) is 0 Å². The highest BCUT2D eigenvalue weighted by Gasteiger charge is 2.09. The molecule has 0 aliphatic carbocycles. The fourth-order valence-electron chi connectivity index (χ4n) is 1.29. The van der Waals surface area contributed by atoms with Gasteiger partial charge in [0.1, 0.15) is 5.75 Å². The molecule has 0 bridgehead atoms. The number of phenols is 1. The van der Waals surface area contributed by atoms with Gasteiger partial charge in [0.2, 0.25) is 0 Å². The summed E-state index contributed by atoms with van der Waals surface area (Å²) in [6, 6.07) is 6.21. The fourth-order valence-corrected chi connectivity index (χ4v) is 1.29. The zero-order valence-electron chi connectivity index (χ0n) is 9.56. The van der Waals surface area contributed by atoms with Crippen molar-refractivity contribution in [1.82, 2.24) is 5.32 Å². The second-order valence-electron chi connectivity index (χ2n) is 3.58. The van der Waals surface area contributed by atoms with Crippen molar-refractivity contribution in [2.45, 2.75) is 19.9 Å². The van der Waals surface area contributed by atoms with Crippen molar-refractivity contribution in [3.8, 4) is 5.75 Å². The maximum absolute atomic E-state index is 11.7. The van der Waals surface area contributed by atoms with Crippen LogP contribution in [0.2, 0.25) is 0 Å². The van der Waals surface area contributed by atoms with Crippen LogP contribution < -0.4 is 5.32 Å². The molecule has 0 saturated heterocycles. The van der Waals surface area contributed by atoms with Crippen LogP contribution in [-0.2, 0) is 4.74 Å². The Morgan fingerprint density at radius 3 is 2.94 bits per heavy atom. The summed E-state index contributed by atoms with van der Waals surface area (Å²) in [5.41, 5.74) is 0.448. The molecule has 1 rings (SSSR count). The van der Waals surface area contributed by atoms with Gasteiger partial charge >= 0.3 is 0 Å². The number of rotatable bonds is 5. The lowest BCUT2D eigenvalue weighted by Gasteiger charge is -2.13. The molecule has 1 amide bonds. The molecule has 1 unspecified atom stereocenters. The average molecular weight is 223 g/mol. The molecule has 0 aliphatic rings. The van der Waals surface area contributed by atoms with Crippen LogP contribution in [0.5, 0.6) is 5.75 Å². The predicted molar refractivity (Wildman–Crippen MR) is 61.5 cm³/mol. The number of aromatic hydroxyl groups is 1. The standard InChI is InChI=1S/C12H17NO3/c1-3-16-8-9(2)13-12(15)10-5-4-6-11(14)7-10/h4-7,9,14H,3,8H2,1-2H3,(H,13,15). The van der Waals surface area contributed by atoms with Crippen molar-refractivity contribution in [3.63, 3.8) is 0 Å².